The van der Waals surface area contributed by atoms with Crippen molar-refractivity contribution in [3.05, 3.63) is 53.7 Å². The van der Waals surface area contributed by atoms with E-state index in [1.165, 1.54) is 82.6 Å². The molecule has 0 atom stereocenters. The zero-order valence-corrected chi connectivity index (χ0v) is 22.9. The molecule has 1 aliphatic rings. The maximum absolute atomic E-state index is 6.05. The molecule has 0 aliphatic carbocycles. The lowest BCUT2D eigenvalue weighted by Gasteiger charge is -2.29. The van der Waals surface area contributed by atoms with Crippen LogP contribution in [-0.4, -0.2) is 24.8 Å². The van der Waals surface area contributed by atoms with Crippen LogP contribution in [0.25, 0.3) is 11.3 Å². The lowest BCUT2D eigenvalue weighted by atomic mass is 10.0. The van der Waals surface area contributed by atoms with Crippen LogP contribution < -0.4 is 0 Å². The fraction of sp³-hybridized carbons (Fsp3) is 0.656. The highest BCUT2D eigenvalue weighted by atomic mass is 16.7. The van der Waals surface area contributed by atoms with Gasteiger partial charge in [-0.3, -0.25) is 4.98 Å². The number of unbranched alkanes of at least 4 members (excludes halogenated alkanes) is 10. The summed E-state index contributed by atoms with van der Waals surface area (Å²) in [6.45, 7) is 7.59. The quantitative estimate of drug-likeness (QED) is 0.193. The van der Waals surface area contributed by atoms with Crippen molar-refractivity contribution in [3.63, 3.8) is 0 Å². The second-order valence-electron chi connectivity index (χ2n) is 10.4. The number of hydrogen-bond donors (Lipinski definition) is 0. The standard InChI is InChI=1S/C32H49NO3/c1-3-5-7-9-10-11-12-13-15-28-25-35-32(36-26-28)30-20-21-31(33-23-30)29-18-16-27(17-19-29)24-34-22-14-8-6-4-2/h16-21,23,28,32H,3-15,22,24-26H2,1-2H3. The molecule has 4 nitrogen and oxygen atoms in total. The van der Waals surface area contributed by atoms with E-state index in [4.69, 9.17) is 14.2 Å². The lowest BCUT2D eigenvalue weighted by molar-refractivity contribution is -0.206. The Balaban J connectivity index is 1.32. The number of pyridine rings is 1. The minimum absolute atomic E-state index is 0.293. The molecule has 2 aromatic rings. The number of rotatable bonds is 18. The molecule has 1 aliphatic heterocycles. The summed E-state index contributed by atoms with van der Waals surface area (Å²) in [4.78, 5) is 4.68. The van der Waals surface area contributed by atoms with E-state index in [9.17, 15) is 0 Å². The molecule has 36 heavy (non-hydrogen) atoms. The minimum atomic E-state index is -0.293. The molecule has 0 saturated carbocycles. The molecule has 0 spiro atoms. The maximum atomic E-state index is 6.05. The Bertz CT molecular complexity index is 797. The van der Waals surface area contributed by atoms with Crippen molar-refractivity contribution in [3.8, 4) is 11.3 Å². The summed E-state index contributed by atoms with van der Waals surface area (Å²) in [7, 11) is 0. The van der Waals surface area contributed by atoms with Crippen LogP contribution in [0, 0.1) is 5.92 Å². The van der Waals surface area contributed by atoms with E-state index in [2.05, 4.69) is 55.2 Å². The van der Waals surface area contributed by atoms with Gasteiger partial charge in [0.05, 0.1) is 25.5 Å². The summed E-state index contributed by atoms with van der Waals surface area (Å²) < 4.78 is 17.9. The molecular formula is C32H49NO3. The highest BCUT2D eigenvalue weighted by Crippen LogP contribution is 2.28. The number of aromatic nitrogens is 1. The van der Waals surface area contributed by atoms with Crippen LogP contribution >= 0.6 is 0 Å². The monoisotopic (exact) mass is 495 g/mol. The molecule has 1 aromatic carbocycles. The van der Waals surface area contributed by atoms with Crippen LogP contribution in [0.1, 0.15) is 115 Å². The van der Waals surface area contributed by atoms with Gasteiger partial charge in [0.1, 0.15) is 0 Å². The van der Waals surface area contributed by atoms with Crippen LogP contribution in [0.15, 0.2) is 42.6 Å². The molecule has 200 valence electrons. The van der Waals surface area contributed by atoms with E-state index >= 15 is 0 Å². The third kappa shape index (κ3) is 10.7. The van der Waals surface area contributed by atoms with Crippen LogP contribution in [-0.2, 0) is 20.8 Å². The van der Waals surface area contributed by atoms with Gasteiger partial charge in [-0.15, -0.1) is 0 Å². The summed E-state index contributed by atoms with van der Waals surface area (Å²) in [5, 5.41) is 0. The molecular weight excluding hydrogens is 446 g/mol. The third-order valence-electron chi connectivity index (χ3n) is 7.15. The van der Waals surface area contributed by atoms with Gasteiger partial charge in [-0.1, -0.05) is 115 Å². The predicted molar refractivity (Wildman–Crippen MR) is 149 cm³/mol. The molecule has 2 heterocycles. The van der Waals surface area contributed by atoms with Gasteiger partial charge < -0.3 is 14.2 Å². The van der Waals surface area contributed by atoms with E-state index < -0.39 is 0 Å². The Labute approximate surface area is 220 Å². The zero-order valence-electron chi connectivity index (χ0n) is 22.9. The van der Waals surface area contributed by atoms with Crippen molar-refractivity contribution in [1.82, 2.24) is 4.98 Å². The van der Waals surface area contributed by atoms with E-state index in [0.29, 0.717) is 12.5 Å². The number of benzene rings is 1. The summed E-state index contributed by atoms with van der Waals surface area (Å²) in [6.07, 6.45) is 18.7. The summed E-state index contributed by atoms with van der Waals surface area (Å²) in [5.41, 5.74) is 4.28. The van der Waals surface area contributed by atoms with Gasteiger partial charge in [0.2, 0.25) is 0 Å². The van der Waals surface area contributed by atoms with Gasteiger partial charge in [-0.05, 0) is 24.5 Å². The molecule has 0 unspecified atom stereocenters. The normalized spacial score (nSPS) is 17.9. The summed E-state index contributed by atoms with van der Waals surface area (Å²) in [5.74, 6) is 0.521. The van der Waals surface area contributed by atoms with Crippen molar-refractivity contribution in [2.45, 2.75) is 110 Å². The van der Waals surface area contributed by atoms with Crippen LogP contribution in [0.2, 0.25) is 0 Å². The Kier molecular flexibility index (Phi) is 14.1. The highest BCUT2D eigenvalue weighted by molar-refractivity contribution is 5.59. The first-order chi connectivity index (χ1) is 17.8. The molecule has 4 heteroatoms. The van der Waals surface area contributed by atoms with Crippen molar-refractivity contribution in [2.75, 3.05) is 19.8 Å². The zero-order chi connectivity index (χ0) is 25.3. The molecule has 1 aromatic heterocycles. The van der Waals surface area contributed by atoms with E-state index in [1.54, 1.807) is 0 Å². The Hall–Kier alpha value is -1.75. The second-order valence-corrected chi connectivity index (χ2v) is 10.4. The first kappa shape index (κ1) is 28.8. The molecule has 0 N–H and O–H groups in total. The minimum Gasteiger partial charge on any atom is -0.377 e. The van der Waals surface area contributed by atoms with E-state index in [0.717, 1.165) is 43.1 Å². The Morgan fingerprint density at radius 1 is 0.750 bits per heavy atom. The third-order valence-corrected chi connectivity index (χ3v) is 7.15. The van der Waals surface area contributed by atoms with Gasteiger partial charge in [-0.25, -0.2) is 0 Å². The molecule has 0 amide bonds. The number of hydrogen-bond acceptors (Lipinski definition) is 4. The molecule has 1 fully saturated rings. The van der Waals surface area contributed by atoms with Gasteiger partial charge in [0, 0.05) is 29.8 Å². The summed E-state index contributed by atoms with van der Waals surface area (Å²) in [6, 6.07) is 12.7. The van der Waals surface area contributed by atoms with Crippen LogP contribution in [0.4, 0.5) is 0 Å². The van der Waals surface area contributed by atoms with Crippen molar-refractivity contribution in [2.24, 2.45) is 5.92 Å². The smallest absolute Gasteiger partial charge is 0.185 e. The first-order valence-electron chi connectivity index (χ1n) is 14.7. The van der Waals surface area contributed by atoms with Crippen molar-refractivity contribution < 1.29 is 14.2 Å². The Morgan fingerprint density at radius 2 is 1.39 bits per heavy atom. The molecule has 1 saturated heterocycles. The average molecular weight is 496 g/mol. The Morgan fingerprint density at radius 3 is 2.03 bits per heavy atom. The predicted octanol–water partition coefficient (Wildman–Crippen LogP) is 9.04. The topological polar surface area (TPSA) is 40.6 Å². The fourth-order valence-corrected chi connectivity index (χ4v) is 4.78. The largest absolute Gasteiger partial charge is 0.377 e. The van der Waals surface area contributed by atoms with Crippen molar-refractivity contribution in [1.29, 1.82) is 0 Å². The van der Waals surface area contributed by atoms with Gasteiger partial charge >= 0.3 is 0 Å². The lowest BCUT2D eigenvalue weighted by Crippen LogP contribution is -2.27. The second kappa shape index (κ2) is 17.7. The van der Waals surface area contributed by atoms with Gasteiger partial charge in [0.15, 0.2) is 6.29 Å². The number of nitrogens with zero attached hydrogens (tertiary/aromatic N) is 1. The van der Waals surface area contributed by atoms with E-state index in [1.807, 2.05) is 6.20 Å². The summed E-state index contributed by atoms with van der Waals surface area (Å²) >= 11 is 0. The van der Waals surface area contributed by atoms with Crippen molar-refractivity contribution >= 4 is 0 Å². The molecule has 0 radical (unpaired) electrons. The molecule has 0 bridgehead atoms. The SMILES string of the molecule is CCCCCCCCCCC1COC(c2ccc(-c3ccc(COCCCCCC)cc3)nc2)OC1. The van der Waals surface area contributed by atoms with Crippen LogP contribution in [0.3, 0.4) is 0 Å². The van der Waals surface area contributed by atoms with Gasteiger partial charge in [-0.2, -0.15) is 0 Å². The molecule has 3 rings (SSSR count). The van der Waals surface area contributed by atoms with Gasteiger partial charge in [0.25, 0.3) is 0 Å². The average Bonchev–Trinajstić information content (AvgIpc) is 2.93. The van der Waals surface area contributed by atoms with Crippen LogP contribution in [0.5, 0.6) is 0 Å². The fourth-order valence-electron chi connectivity index (χ4n) is 4.78. The highest BCUT2D eigenvalue weighted by Gasteiger charge is 2.23. The van der Waals surface area contributed by atoms with E-state index in [-0.39, 0.29) is 6.29 Å². The number of ether oxygens (including phenoxy) is 3. The first-order valence-corrected chi connectivity index (χ1v) is 14.7. The maximum Gasteiger partial charge on any atom is 0.185 e.